The van der Waals surface area contributed by atoms with Crippen molar-refractivity contribution in [3.8, 4) is 0 Å². The van der Waals surface area contributed by atoms with Gasteiger partial charge in [-0.15, -0.1) is 0 Å². The Balaban J connectivity index is 2.60. The molecule has 0 saturated heterocycles. The molecule has 0 bridgehead atoms. The van der Waals surface area contributed by atoms with Gasteiger partial charge in [-0.2, -0.15) is 0 Å². The van der Waals surface area contributed by atoms with Crippen LogP contribution in [0.1, 0.15) is 18.4 Å². The van der Waals surface area contributed by atoms with Gasteiger partial charge in [-0.05, 0) is 13.8 Å². The third kappa shape index (κ3) is 3.04. The van der Waals surface area contributed by atoms with Crippen molar-refractivity contribution in [2.24, 2.45) is 0 Å². The molecule has 0 fully saturated rings. The largest absolute Gasteiger partial charge is 0.480 e. The van der Waals surface area contributed by atoms with Crippen molar-refractivity contribution >= 4 is 5.97 Å². The molecule has 0 aromatic carbocycles. The minimum Gasteiger partial charge on any atom is -0.480 e. The highest BCUT2D eigenvalue weighted by molar-refractivity contribution is 5.78. The van der Waals surface area contributed by atoms with E-state index in [0.29, 0.717) is 12.3 Å². The van der Waals surface area contributed by atoms with Gasteiger partial charge < -0.3 is 14.4 Å². The minimum absolute atomic E-state index is 0.0788. The lowest BCUT2D eigenvalue weighted by atomic mass is 10.0. The van der Waals surface area contributed by atoms with E-state index in [0.717, 1.165) is 5.69 Å². The van der Waals surface area contributed by atoms with Crippen LogP contribution in [0.15, 0.2) is 10.6 Å². The minimum atomic E-state index is -1.13. The lowest BCUT2D eigenvalue weighted by Gasteiger charge is -2.24. The highest BCUT2D eigenvalue weighted by Crippen LogP contribution is 2.08. The SMILES string of the molecule is COCC(C)(NCc1cc(C)no1)C(=O)O. The quantitative estimate of drug-likeness (QED) is 0.740. The van der Waals surface area contributed by atoms with Crippen molar-refractivity contribution in [1.29, 1.82) is 0 Å². The molecule has 2 N–H and O–H groups in total. The van der Waals surface area contributed by atoms with E-state index in [1.54, 1.807) is 19.9 Å². The van der Waals surface area contributed by atoms with Crippen LogP contribution >= 0.6 is 0 Å². The predicted octanol–water partition coefficient (Wildman–Crippen LogP) is 0.562. The van der Waals surface area contributed by atoms with Crippen LogP contribution in [-0.2, 0) is 16.1 Å². The van der Waals surface area contributed by atoms with Crippen LogP contribution in [-0.4, -0.2) is 35.5 Å². The van der Waals surface area contributed by atoms with Crippen molar-refractivity contribution < 1.29 is 19.2 Å². The second-order valence-corrected chi connectivity index (χ2v) is 3.86. The van der Waals surface area contributed by atoms with Crippen molar-refractivity contribution in [3.05, 3.63) is 17.5 Å². The van der Waals surface area contributed by atoms with Gasteiger partial charge in [0.2, 0.25) is 0 Å². The fourth-order valence-corrected chi connectivity index (χ4v) is 1.26. The van der Waals surface area contributed by atoms with Gasteiger partial charge in [-0.25, -0.2) is 0 Å². The number of carboxylic acids is 1. The number of carbonyl (C=O) groups is 1. The molecule has 0 saturated carbocycles. The van der Waals surface area contributed by atoms with Crippen LogP contribution in [0.2, 0.25) is 0 Å². The molecule has 1 rings (SSSR count). The fourth-order valence-electron chi connectivity index (χ4n) is 1.26. The van der Waals surface area contributed by atoms with Crippen LogP contribution < -0.4 is 5.32 Å². The topological polar surface area (TPSA) is 84.6 Å². The highest BCUT2D eigenvalue weighted by atomic mass is 16.5. The molecule has 6 nitrogen and oxygen atoms in total. The molecular formula is C10H16N2O4. The summed E-state index contributed by atoms with van der Waals surface area (Å²) in [6, 6.07) is 1.75. The van der Waals surface area contributed by atoms with Crippen LogP contribution in [0.5, 0.6) is 0 Å². The molecular weight excluding hydrogens is 212 g/mol. The van der Waals surface area contributed by atoms with Gasteiger partial charge in [0.1, 0.15) is 5.54 Å². The number of rotatable bonds is 6. The molecule has 0 aliphatic heterocycles. The Hall–Kier alpha value is -1.40. The normalized spacial score (nSPS) is 14.7. The van der Waals surface area contributed by atoms with Gasteiger partial charge in [-0.3, -0.25) is 10.1 Å². The lowest BCUT2D eigenvalue weighted by Crippen LogP contribution is -2.52. The second-order valence-electron chi connectivity index (χ2n) is 3.86. The number of nitrogens with one attached hydrogen (secondary N) is 1. The molecule has 1 unspecified atom stereocenters. The number of ether oxygens (including phenoxy) is 1. The van der Waals surface area contributed by atoms with Crippen molar-refractivity contribution in [2.45, 2.75) is 25.9 Å². The zero-order chi connectivity index (χ0) is 12.2. The lowest BCUT2D eigenvalue weighted by molar-refractivity contribution is -0.146. The molecule has 90 valence electrons. The van der Waals surface area contributed by atoms with Gasteiger partial charge in [-0.1, -0.05) is 5.16 Å². The van der Waals surface area contributed by atoms with E-state index >= 15 is 0 Å². The third-order valence-corrected chi connectivity index (χ3v) is 2.23. The smallest absolute Gasteiger partial charge is 0.326 e. The Kier molecular flexibility index (Phi) is 4.03. The molecule has 1 heterocycles. The van der Waals surface area contributed by atoms with E-state index in [1.165, 1.54) is 7.11 Å². The number of aliphatic carboxylic acids is 1. The first-order chi connectivity index (χ1) is 7.48. The van der Waals surface area contributed by atoms with Gasteiger partial charge in [0.15, 0.2) is 5.76 Å². The van der Waals surface area contributed by atoms with Crippen molar-refractivity contribution in [2.75, 3.05) is 13.7 Å². The van der Waals surface area contributed by atoms with E-state index in [4.69, 9.17) is 14.4 Å². The maximum Gasteiger partial charge on any atom is 0.326 e. The van der Waals surface area contributed by atoms with Crippen molar-refractivity contribution in [3.63, 3.8) is 0 Å². The number of aryl methyl sites for hydroxylation is 1. The van der Waals surface area contributed by atoms with E-state index < -0.39 is 11.5 Å². The maximum absolute atomic E-state index is 11.0. The average molecular weight is 228 g/mol. The number of carboxylic acid groups (broad SMARTS) is 1. The summed E-state index contributed by atoms with van der Waals surface area (Å²) < 4.78 is 9.84. The van der Waals surface area contributed by atoms with Gasteiger partial charge in [0.25, 0.3) is 0 Å². The Bertz CT molecular complexity index is 363. The van der Waals surface area contributed by atoms with Crippen LogP contribution in [0.25, 0.3) is 0 Å². The van der Waals surface area contributed by atoms with Gasteiger partial charge in [0.05, 0.1) is 18.8 Å². The maximum atomic E-state index is 11.0. The van der Waals surface area contributed by atoms with E-state index in [-0.39, 0.29) is 6.61 Å². The zero-order valence-corrected chi connectivity index (χ0v) is 9.61. The summed E-state index contributed by atoms with van der Waals surface area (Å²) in [4.78, 5) is 11.0. The summed E-state index contributed by atoms with van der Waals surface area (Å²) in [6.07, 6.45) is 0. The predicted molar refractivity (Wildman–Crippen MR) is 56.0 cm³/mol. The van der Waals surface area contributed by atoms with Gasteiger partial charge in [0, 0.05) is 13.2 Å². The first kappa shape index (κ1) is 12.7. The monoisotopic (exact) mass is 228 g/mol. The Morgan fingerprint density at radius 2 is 2.44 bits per heavy atom. The molecule has 6 heteroatoms. The summed E-state index contributed by atoms with van der Waals surface area (Å²) in [5.41, 5.74) is -0.365. The number of aromatic nitrogens is 1. The van der Waals surface area contributed by atoms with E-state index in [1.807, 2.05) is 0 Å². The molecule has 1 aromatic heterocycles. The number of methoxy groups -OCH3 is 1. The third-order valence-electron chi connectivity index (χ3n) is 2.23. The molecule has 1 aromatic rings. The Morgan fingerprint density at radius 1 is 1.75 bits per heavy atom. The summed E-state index contributed by atoms with van der Waals surface area (Å²) in [5.74, 6) is -0.369. The van der Waals surface area contributed by atoms with Crippen LogP contribution in [0, 0.1) is 6.92 Å². The fraction of sp³-hybridized carbons (Fsp3) is 0.600. The second kappa shape index (κ2) is 5.09. The summed E-state index contributed by atoms with van der Waals surface area (Å²) in [7, 11) is 1.46. The standard InChI is InChI=1S/C10H16N2O4/c1-7-4-8(16-12-7)5-11-10(2,6-15-3)9(13)14/h4,11H,5-6H2,1-3H3,(H,13,14). The number of nitrogens with zero attached hydrogens (tertiary/aromatic N) is 1. The molecule has 0 spiro atoms. The first-order valence-electron chi connectivity index (χ1n) is 4.87. The van der Waals surface area contributed by atoms with Crippen LogP contribution in [0.3, 0.4) is 0 Å². The van der Waals surface area contributed by atoms with Gasteiger partial charge >= 0.3 is 5.97 Å². The molecule has 0 amide bonds. The summed E-state index contributed by atoms with van der Waals surface area (Å²) in [5, 5.41) is 15.6. The molecule has 0 aliphatic rings. The summed E-state index contributed by atoms with van der Waals surface area (Å²) >= 11 is 0. The molecule has 16 heavy (non-hydrogen) atoms. The Labute approximate surface area is 93.6 Å². The van der Waals surface area contributed by atoms with E-state index in [2.05, 4.69) is 10.5 Å². The first-order valence-corrected chi connectivity index (χ1v) is 4.87. The van der Waals surface area contributed by atoms with E-state index in [9.17, 15) is 4.79 Å². The highest BCUT2D eigenvalue weighted by Gasteiger charge is 2.32. The molecule has 0 aliphatic carbocycles. The number of hydrogen-bond donors (Lipinski definition) is 2. The molecule has 0 radical (unpaired) electrons. The molecule has 1 atom stereocenters. The Morgan fingerprint density at radius 3 is 2.88 bits per heavy atom. The van der Waals surface area contributed by atoms with Crippen LogP contribution in [0.4, 0.5) is 0 Å². The van der Waals surface area contributed by atoms with Crippen molar-refractivity contribution in [1.82, 2.24) is 10.5 Å². The number of hydrogen-bond acceptors (Lipinski definition) is 5. The summed E-state index contributed by atoms with van der Waals surface area (Å²) in [6.45, 7) is 3.74. The average Bonchev–Trinajstić information content (AvgIpc) is 2.61. The zero-order valence-electron chi connectivity index (χ0n) is 9.61.